The summed E-state index contributed by atoms with van der Waals surface area (Å²) in [6, 6.07) is 12.5. The molecule has 0 amide bonds. The molecule has 30 heavy (non-hydrogen) atoms. The summed E-state index contributed by atoms with van der Waals surface area (Å²) in [4.78, 5) is 0.254. The van der Waals surface area contributed by atoms with E-state index in [2.05, 4.69) is 40.8 Å². The molecule has 2 aromatic rings. The number of nitrogens with zero attached hydrogens (tertiary/aromatic N) is 1. The smallest absolute Gasteiger partial charge is 0.245 e. The van der Waals surface area contributed by atoms with Crippen molar-refractivity contribution in [1.82, 2.24) is 4.31 Å². The topological polar surface area (TPSA) is 49.4 Å². The van der Waals surface area contributed by atoms with Crippen molar-refractivity contribution in [2.75, 3.05) is 11.9 Å². The number of hydrogen-bond acceptors (Lipinski definition) is 3. The van der Waals surface area contributed by atoms with Gasteiger partial charge in [-0.3, -0.25) is 0 Å². The van der Waals surface area contributed by atoms with Crippen LogP contribution in [-0.4, -0.2) is 24.9 Å². The van der Waals surface area contributed by atoms with Crippen molar-refractivity contribution in [2.24, 2.45) is 0 Å². The highest BCUT2D eigenvalue weighted by molar-refractivity contribution is 9.10. The van der Waals surface area contributed by atoms with Crippen LogP contribution in [0, 0.1) is 0 Å². The van der Waals surface area contributed by atoms with Gasteiger partial charge in [-0.1, -0.05) is 53.0 Å². The predicted octanol–water partition coefficient (Wildman–Crippen LogP) is 6.32. The van der Waals surface area contributed by atoms with Crippen LogP contribution in [0.25, 0.3) is 0 Å². The van der Waals surface area contributed by atoms with Gasteiger partial charge in [-0.25, -0.2) is 8.42 Å². The second-order valence-corrected chi connectivity index (χ2v) is 11.5. The lowest BCUT2D eigenvalue weighted by molar-refractivity contribution is 0.103. The molecule has 0 aromatic heterocycles. The maximum atomic E-state index is 13.8. The van der Waals surface area contributed by atoms with Crippen LogP contribution in [0.2, 0.25) is 5.02 Å². The van der Waals surface area contributed by atoms with Crippen LogP contribution in [0.1, 0.15) is 45.1 Å². The number of fused-ring (bicyclic) bond motifs is 3. The molecule has 0 radical (unpaired) electrons. The molecule has 2 aliphatic rings. The fourth-order valence-electron chi connectivity index (χ4n) is 5.30. The van der Waals surface area contributed by atoms with Crippen LogP contribution in [0.15, 0.2) is 64.0 Å². The third-order valence-electron chi connectivity index (χ3n) is 6.62. The number of rotatable bonds is 5. The third kappa shape index (κ3) is 3.07. The number of halogens is 2. The van der Waals surface area contributed by atoms with E-state index in [-0.39, 0.29) is 4.90 Å². The summed E-state index contributed by atoms with van der Waals surface area (Å²) >= 11 is 9.61. The minimum absolute atomic E-state index is 0.254. The number of benzene rings is 2. The molecule has 1 N–H and O–H groups in total. The second-order valence-electron chi connectivity index (χ2n) is 8.28. The van der Waals surface area contributed by atoms with Crippen LogP contribution in [0.3, 0.4) is 0 Å². The van der Waals surface area contributed by atoms with Crippen molar-refractivity contribution in [3.05, 3.63) is 69.7 Å². The van der Waals surface area contributed by atoms with Crippen molar-refractivity contribution in [3.8, 4) is 0 Å². The van der Waals surface area contributed by atoms with Crippen LogP contribution in [-0.2, 0) is 15.4 Å². The molecule has 0 saturated carbocycles. The Morgan fingerprint density at radius 2 is 1.97 bits per heavy atom. The standard InChI is InChI=1S/C23H26BrClN2O2S/c1-4-6-16(2)23-13-5-14-27(30(28,29)19-10-8-18(25)9-11-19)22(23,3)26-21-12-7-17(24)15-20(21)23/h7-12,15,26H,2,4-6,13-14H2,1,3H3/t22-,23+/m1/s1. The summed E-state index contributed by atoms with van der Waals surface area (Å²) in [6.07, 6.45) is 3.42. The lowest BCUT2D eigenvalue weighted by Crippen LogP contribution is -2.66. The van der Waals surface area contributed by atoms with E-state index >= 15 is 0 Å². The quantitative estimate of drug-likeness (QED) is 0.480. The molecule has 2 atom stereocenters. The van der Waals surface area contributed by atoms with Gasteiger partial charge >= 0.3 is 0 Å². The summed E-state index contributed by atoms with van der Waals surface area (Å²) in [5.41, 5.74) is 1.82. The number of sulfonamides is 1. The first-order valence-electron chi connectivity index (χ1n) is 10.2. The van der Waals surface area contributed by atoms with Crippen molar-refractivity contribution in [1.29, 1.82) is 0 Å². The van der Waals surface area contributed by atoms with E-state index < -0.39 is 21.1 Å². The zero-order valence-electron chi connectivity index (χ0n) is 17.2. The Kier molecular flexibility index (Phi) is 5.59. The lowest BCUT2D eigenvalue weighted by atomic mass is 9.63. The zero-order valence-corrected chi connectivity index (χ0v) is 20.4. The predicted molar refractivity (Wildman–Crippen MR) is 126 cm³/mol. The summed E-state index contributed by atoms with van der Waals surface area (Å²) in [5, 5.41) is 4.11. The average molecular weight is 510 g/mol. The molecular weight excluding hydrogens is 484 g/mol. The molecule has 0 unspecified atom stereocenters. The van der Waals surface area contributed by atoms with Crippen molar-refractivity contribution < 1.29 is 8.42 Å². The van der Waals surface area contributed by atoms with Gasteiger partial charge in [0.25, 0.3) is 0 Å². The summed E-state index contributed by atoms with van der Waals surface area (Å²) in [7, 11) is -3.75. The van der Waals surface area contributed by atoms with Gasteiger partial charge in [0.1, 0.15) is 5.66 Å². The monoisotopic (exact) mass is 508 g/mol. The van der Waals surface area contributed by atoms with Gasteiger partial charge < -0.3 is 5.32 Å². The molecule has 0 bridgehead atoms. The van der Waals surface area contributed by atoms with E-state index in [0.717, 1.165) is 47.0 Å². The van der Waals surface area contributed by atoms with Gasteiger partial charge in [-0.2, -0.15) is 4.31 Å². The third-order valence-corrected chi connectivity index (χ3v) is 9.36. The molecule has 1 saturated heterocycles. The van der Waals surface area contributed by atoms with E-state index in [1.165, 1.54) is 0 Å². The van der Waals surface area contributed by atoms with Gasteiger partial charge in [0.15, 0.2) is 0 Å². The van der Waals surface area contributed by atoms with Gasteiger partial charge in [0.2, 0.25) is 10.0 Å². The highest BCUT2D eigenvalue weighted by Crippen LogP contribution is 2.59. The van der Waals surface area contributed by atoms with Crippen LogP contribution < -0.4 is 5.32 Å². The second kappa shape index (κ2) is 7.66. The van der Waals surface area contributed by atoms with Crippen molar-refractivity contribution >= 4 is 43.2 Å². The molecule has 4 nitrogen and oxygen atoms in total. The van der Waals surface area contributed by atoms with E-state index in [1.807, 2.05) is 19.1 Å². The highest BCUT2D eigenvalue weighted by atomic mass is 79.9. The van der Waals surface area contributed by atoms with E-state index in [4.69, 9.17) is 11.6 Å². The largest absolute Gasteiger partial charge is 0.365 e. The molecule has 7 heteroatoms. The minimum atomic E-state index is -3.75. The Morgan fingerprint density at radius 1 is 1.27 bits per heavy atom. The Bertz CT molecular complexity index is 1100. The fraction of sp³-hybridized carbons (Fsp3) is 0.391. The normalized spacial score (nSPS) is 26.0. The maximum absolute atomic E-state index is 13.8. The molecule has 2 aliphatic heterocycles. The first kappa shape index (κ1) is 21.9. The van der Waals surface area contributed by atoms with Gasteiger partial charge in [0, 0.05) is 21.7 Å². The average Bonchev–Trinajstić information content (AvgIpc) is 2.97. The molecule has 1 fully saturated rings. The van der Waals surface area contributed by atoms with Crippen molar-refractivity contribution in [3.63, 3.8) is 0 Å². The van der Waals surface area contributed by atoms with E-state index in [0.29, 0.717) is 11.6 Å². The van der Waals surface area contributed by atoms with Crippen LogP contribution in [0.5, 0.6) is 0 Å². The SMILES string of the molecule is C=C(CCC)[C@]12CCCN(S(=O)(=O)c3ccc(Cl)cc3)[C@@]1(C)Nc1ccc(Br)cc12. The summed E-state index contributed by atoms with van der Waals surface area (Å²) in [5.74, 6) is 0. The Labute approximate surface area is 192 Å². The van der Waals surface area contributed by atoms with Crippen LogP contribution >= 0.6 is 27.5 Å². The molecule has 4 rings (SSSR count). The molecule has 0 aliphatic carbocycles. The summed E-state index contributed by atoms with van der Waals surface area (Å²) in [6.45, 7) is 9.07. The zero-order chi connectivity index (χ0) is 21.7. The first-order valence-corrected chi connectivity index (χ1v) is 12.8. The Morgan fingerprint density at radius 3 is 2.63 bits per heavy atom. The van der Waals surface area contributed by atoms with Crippen molar-refractivity contribution in [2.45, 2.75) is 55.5 Å². The van der Waals surface area contributed by atoms with Gasteiger partial charge in [-0.05, 0) is 74.2 Å². The molecule has 160 valence electrons. The Balaban J connectivity index is 1.91. The highest BCUT2D eigenvalue weighted by Gasteiger charge is 2.63. The summed E-state index contributed by atoms with van der Waals surface area (Å²) < 4.78 is 30.2. The fourth-order valence-corrected chi connectivity index (χ4v) is 7.57. The molecule has 2 heterocycles. The van der Waals surface area contributed by atoms with E-state index in [9.17, 15) is 8.42 Å². The molecule has 2 aromatic carbocycles. The van der Waals surface area contributed by atoms with Crippen LogP contribution in [0.4, 0.5) is 5.69 Å². The number of anilines is 1. The number of nitrogens with one attached hydrogen (secondary N) is 1. The first-order chi connectivity index (χ1) is 14.2. The Hall–Kier alpha value is -1.34. The molecule has 0 spiro atoms. The van der Waals surface area contributed by atoms with Gasteiger partial charge in [-0.15, -0.1) is 0 Å². The maximum Gasteiger partial charge on any atom is 0.245 e. The number of hydrogen-bond donors (Lipinski definition) is 1. The minimum Gasteiger partial charge on any atom is -0.365 e. The lowest BCUT2D eigenvalue weighted by Gasteiger charge is -2.54. The molecular formula is C23H26BrClN2O2S. The van der Waals surface area contributed by atoms with Gasteiger partial charge in [0.05, 0.1) is 10.3 Å². The van der Waals surface area contributed by atoms with E-state index in [1.54, 1.807) is 28.6 Å². The number of piperidine rings is 1.